The number of hydrogen-bond donors (Lipinski definition) is 1. The molecule has 3 rings (SSSR count). The smallest absolute Gasteiger partial charge is 0.324 e. The van der Waals surface area contributed by atoms with Crippen LogP contribution in [0, 0.1) is 6.92 Å². The highest BCUT2D eigenvalue weighted by molar-refractivity contribution is 9.10. The highest BCUT2D eigenvalue weighted by Gasteiger charge is 2.34. The van der Waals surface area contributed by atoms with E-state index >= 15 is 0 Å². The SMILES string of the molecule is Cc1ccc(CN(CC(=O)Nc2ccccc2C(F)(F)F)S(=O)(=O)c2ccc(Br)cc2)cc1. The Morgan fingerprint density at radius 2 is 1.58 bits per heavy atom. The molecule has 0 atom stereocenters. The van der Waals surface area contributed by atoms with E-state index in [1.807, 2.05) is 6.92 Å². The molecule has 174 valence electrons. The zero-order valence-electron chi connectivity index (χ0n) is 17.4. The lowest BCUT2D eigenvalue weighted by atomic mass is 10.1. The first kappa shape index (κ1) is 24.9. The van der Waals surface area contributed by atoms with Crippen molar-refractivity contribution in [2.45, 2.75) is 24.5 Å². The van der Waals surface area contributed by atoms with Crippen molar-refractivity contribution in [1.82, 2.24) is 4.31 Å². The number of carbonyl (C=O) groups is 1. The lowest BCUT2D eigenvalue weighted by molar-refractivity contribution is -0.137. The van der Waals surface area contributed by atoms with Crippen LogP contribution in [0.3, 0.4) is 0 Å². The number of amides is 1. The topological polar surface area (TPSA) is 66.5 Å². The van der Waals surface area contributed by atoms with Crippen molar-refractivity contribution in [2.75, 3.05) is 11.9 Å². The number of carbonyl (C=O) groups excluding carboxylic acids is 1. The Kier molecular flexibility index (Phi) is 7.61. The van der Waals surface area contributed by atoms with Crippen LogP contribution in [0.5, 0.6) is 0 Å². The van der Waals surface area contributed by atoms with Gasteiger partial charge in [-0.1, -0.05) is 57.9 Å². The van der Waals surface area contributed by atoms with E-state index in [2.05, 4.69) is 21.2 Å². The van der Waals surface area contributed by atoms with Crippen LogP contribution in [0.2, 0.25) is 0 Å². The molecule has 0 aliphatic heterocycles. The van der Waals surface area contributed by atoms with Gasteiger partial charge < -0.3 is 5.32 Å². The van der Waals surface area contributed by atoms with Crippen molar-refractivity contribution in [2.24, 2.45) is 0 Å². The number of nitrogens with zero attached hydrogens (tertiary/aromatic N) is 1. The monoisotopic (exact) mass is 540 g/mol. The fraction of sp³-hybridized carbons (Fsp3) is 0.174. The number of rotatable bonds is 7. The molecule has 0 aliphatic carbocycles. The summed E-state index contributed by atoms with van der Waals surface area (Å²) in [6.45, 7) is 1.08. The summed E-state index contributed by atoms with van der Waals surface area (Å²) in [7, 11) is -4.12. The summed E-state index contributed by atoms with van der Waals surface area (Å²) in [6, 6.07) is 17.5. The zero-order valence-corrected chi connectivity index (χ0v) is 19.8. The predicted octanol–water partition coefficient (Wildman–Crippen LogP) is 5.61. The third-order valence-corrected chi connectivity index (χ3v) is 7.09. The quantitative estimate of drug-likeness (QED) is 0.423. The molecule has 0 bridgehead atoms. The minimum absolute atomic E-state index is 0.0405. The highest BCUT2D eigenvalue weighted by Crippen LogP contribution is 2.34. The van der Waals surface area contributed by atoms with E-state index in [0.29, 0.717) is 10.0 Å². The van der Waals surface area contributed by atoms with Crippen LogP contribution >= 0.6 is 15.9 Å². The lowest BCUT2D eigenvalue weighted by Gasteiger charge is -2.23. The molecule has 0 saturated heterocycles. The first-order valence-corrected chi connectivity index (χ1v) is 12.0. The Morgan fingerprint density at radius 3 is 2.18 bits per heavy atom. The Morgan fingerprint density at radius 1 is 0.970 bits per heavy atom. The Balaban J connectivity index is 1.90. The van der Waals surface area contributed by atoms with Crippen LogP contribution in [0.1, 0.15) is 16.7 Å². The maximum atomic E-state index is 13.3. The largest absolute Gasteiger partial charge is 0.418 e. The molecule has 10 heteroatoms. The Hall–Kier alpha value is -2.69. The van der Waals surface area contributed by atoms with E-state index in [9.17, 15) is 26.4 Å². The van der Waals surface area contributed by atoms with Gasteiger partial charge in [-0.25, -0.2) is 8.42 Å². The third kappa shape index (κ3) is 6.43. The summed E-state index contributed by atoms with van der Waals surface area (Å²) in [5.41, 5.74) is 0.151. The molecule has 0 spiro atoms. The molecule has 1 N–H and O–H groups in total. The van der Waals surface area contributed by atoms with Crippen molar-refractivity contribution in [1.29, 1.82) is 0 Å². The van der Waals surface area contributed by atoms with Crippen LogP contribution in [0.25, 0.3) is 0 Å². The zero-order chi connectivity index (χ0) is 24.2. The number of alkyl halides is 3. The van der Waals surface area contributed by atoms with Crippen LogP contribution < -0.4 is 5.32 Å². The molecule has 0 heterocycles. The van der Waals surface area contributed by atoms with Crippen molar-refractivity contribution in [3.8, 4) is 0 Å². The number of nitrogens with one attached hydrogen (secondary N) is 1. The van der Waals surface area contributed by atoms with Gasteiger partial charge in [0.15, 0.2) is 0 Å². The maximum Gasteiger partial charge on any atom is 0.418 e. The summed E-state index contributed by atoms with van der Waals surface area (Å²) in [5.74, 6) is -0.889. The summed E-state index contributed by atoms with van der Waals surface area (Å²) in [4.78, 5) is 12.6. The van der Waals surface area contributed by atoms with Gasteiger partial charge in [0.1, 0.15) is 0 Å². The Bertz CT molecular complexity index is 1230. The molecule has 33 heavy (non-hydrogen) atoms. The van der Waals surface area contributed by atoms with Crippen molar-refractivity contribution < 1.29 is 26.4 Å². The van der Waals surface area contributed by atoms with Gasteiger partial charge in [-0.3, -0.25) is 4.79 Å². The third-order valence-electron chi connectivity index (χ3n) is 4.76. The first-order chi connectivity index (χ1) is 15.5. The van der Waals surface area contributed by atoms with Crippen LogP contribution in [0.4, 0.5) is 18.9 Å². The number of sulfonamides is 1. The first-order valence-electron chi connectivity index (χ1n) is 9.74. The highest BCUT2D eigenvalue weighted by atomic mass is 79.9. The summed E-state index contributed by atoms with van der Waals surface area (Å²) in [5, 5.41) is 2.20. The fourth-order valence-corrected chi connectivity index (χ4v) is 4.72. The van der Waals surface area contributed by atoms with Crippen molar-refractivity contribution in [3.05, 3.63) is 94.0 Å². The minimum Gasteiger partial charge on any atom is -0.324 e. The standard InChI is InChI=1S/C23H20BrF3N2O3S/c1-16-6-8-17(9-7-16)14-29(33(31,32)19-12-10-18(24)11-13-19)15-22(30)28-21-5-3-2-4-20(21)23(25,26)27/h2-13H,14-15H2,1H3,(H,28,30). The van der Waals surface area contributed by atoms with Gasteiger partial charge >= 0.3 is 6.18 Å². The molecule has 3 aromatic carbocycles. The fourth-order valence-electron chi connectivity index (χ4n) is 3.07. The van der Waals surface area contributed by atoms with Gasteiger partial charge in [0.05, 0.1) is 22.7 Å². The number of halogens is 4. The molecule has 0 aromatic heterocycles. The molecule has 0 saturated carbocycles. The van der Waals surface area contributed by atoms with Crippen LogP contribution in [0.15, 0.2) is 82.2 Å². The summed E-state index contributed by atoms with van der Waals surface area (Å²) >= 11 is 3.25. The van der Waals surface area contributed by atoms with Gasteiger partial charge in [0.2, 0.25) is 15.9 Å². The number of hydrogen-bond acceptors (Lipinski definition) is 3. The summed E-state index contributed by atoms with van der Waals surface area (Å²) < 4.78 is 68.0. The second-order valence-electron chi connectivity index (χ2n) is 7.30. The molecule has 5 nitrogen and oxygen atoms in total. The van der Waals surface area contributed by atoms with Gasteiger partial charge in [-0.05, 0) is 48.9 Å². The van der Waals surface area contributed by atoms with E-state index < -0.39 is 39.9 Å². The minimum atomic E-state index is -4.67. The molecule has 0 unspecified atom stereocenters. The maximum absolute atomic E-state index is 13.3. The van der Waals surface area contributed by atoms with Crippen LogP contribution in [-0.2, 0) is 27.5 Å². The predicted molar refractivity (Wildman–Crippen MR) is 123 cm³/mol. The molecular weight excluding hydrogens is 521 g/mol. The van der Waals surface area contributed by atoms with Crippen molar-refractivity contribution >= 4 is 37.5 Å². The molecule has 0 aliphatic rings. The molecule has 1 amide bonds. The number of anilines is 1. The van der Waals surface area contributed by atoms with E-state index in [1.165, 1.54) is 24.3 Å². The van der Waals surface area contributed by atoms with Gasteiger partial charge in [0.25, 0.3) is 0 Å². The van der Waals surface area contributed by atoms with E-state index in [-0.39, 0.29) is 11.4 Å². The van der Waals surface area contributed by atoms with E-state index in [4.69, 9.17) is 0 Å². The second-order valence-corrected chi connectivity index (χ2v) is 10.2. The van der Waals surface area contributed by atoms with Gasteiger partial charge in [0, 0.05) is 11.0 Å². The molecule has 3 aromatic rings. The van der Waals surface area contributed by atoms with Gasteiger partial charge in [-0.15, -0.1) is 0 Å². The average molecular weight is 541 g/mol. The van der Waals surface area contributed by atoms with Crippen molar-refractivity contribution in [3.63, 3.8) is 0 Å². The molecule has 0 fully saturated rings. The number of aryl methyl sites for hydroxylation is 1. The molecular formula is C23H20BrF3N2O3S. The average Bonchev–Trinajstić information content (AvgIpc) is 2.74. The van der Waals surface area contributed by atoms with Gasteiger partial charge in [-0.2, -0.15) is 17.5 Å². The molecule has 0 radical (unpaired) electrons. The Labute approximate surface area is 198 Å². The van der Waals surface area contributed by atoms with Crippen LogP contribution in [-0.4, -0.2) is 25.2 Å². The van der Waals surface area contributed by atoms with E-state index in [0.717, 1.165) is 22.0 Å². The summed E-state index contributed by atoms with van der Waals surface area (Å²) in [6.07, 6.45) is -4.67. The normalized spacial score (nSPS) is 12.1. The second kappa shape index (κ2) is 10.1. The number of benzene rings is 3. The van der Waals surface area contributed by atoms with E-state index in [1.54, 1.807) is 36.4 Å². The lowest BCUT2D eigenvalue weighted by Crippen LogP contribution is -2.37. The number of para-hydroxylation sites is 1.